The van der Waals surface area contributed by atoms with Crippen molar-refractivity contribution in [2.45, 2.75) is 57.5 Å². The van der Waals surface area contributed by atoms with Gasteiger partial charge in [-0.15, -0.1) is 0 Å². The van der Waals surface area contributed by atoms with Crippen LogP contribution in [0.2, 0.25) is 0 Å². The second kappa shape index (κ2) is 9.69. The highest BCUT2D eigenvalue weighted by molar-refractivity contribution is 5.65. The normalized spacial score (nSPS) is 18.6. The number of halogens is 1. The maximum atomic E-state index is 14.0. The van der Waals surface area contributed by atoms with E-state index in [9.17, 15) is 14.3 Å². The molecule has 0 saturated heterocycles. The molecule has 33 heavy (non-hydrogen) atoms. The number of carboxylic acid groups (broad SMARTS) is 1. The molecule has 1 aliphatic rings. The zero-order valence-electron chi connectivity index (χ0n) is 19.1. The van der Waals surface area contributed by atoms with E-state index in [4.69, 9.17) is 0 Å². The molecule has 4 rings (SSSR count). The Morgan fingerprint density at radius 2 is 1.61 bits per heavy atom. The van der Waals surface area contributed by atoms with Crippen LogP contribution < -0.4 is 10.4 Å². The highest BCUT2D eigenvalue weighted by Gasteiger charge is 2.22. The quantitative estimate of drug-likeness (QED) is 0.518. The molecule has 2 heterocycles. The Morgan fingerprint density at radius 3 is 2.12 bits per heavy atom. The van der Waals surface area contributed by atoms with Crippen molar-refractivity contribution in [1.82, 2.24) is 9.97 Å². The van der Waals surface area contributed by atoms with Gasteiger partial charge >= 0.3 is 0 Å². The fourth-order valence-corrected chi connectivity index (χ4v) is 4.49. The molecule has 1 fully saturated rings. The van der Waals surface area contributed by atoms with Crippen molar-refractivity contribution < 1.29 is 14.3 Å². The first-order chi connectivity index (χ1) is 15.8. The van der Waals surface area contributed by atoms with E-state index in [2.05, 4.69) is 39.6 Å². The fraction of sp³-hybridized carbons (Fsp3) is 0.370. The second-order valence-electron chi connectivity index (χ2n) is 9.38. The zero-order valence-corrected chi connectivity index (χ0v) is 19.1. The topological polar surface area (TPSA) is 77.9 Å². The summed E-state index contributed by atoms with van der Waals surface area (Å²) in [7, 11) is 0. The van der Waals surface area contributed by atoms with Gasteiger partial charge < -0.3 is 15.2 Å². The van der Waals surface area contributed by atoms with E-state index in [-0.39, 0.29) is 12.3 Å². The number of hydrogen-bond donors (Lipinski definition) is 1. The lowest BCUT2D eigenvalue weighted by molar-refractivity contribution is -0.307. The third-order valence-electron chi connectivity index (χ3n) is 6.40. The number of carboxylic acids is 1. The molecule has 0 spiro atoms. The Hall–Kier alpha value is -3.28. The smallest absolute Gasteiger partial charge is 0.147 e. The van der Waals surface area contributed by atoms with Gasteiger partial charge in [0.05, 0.1) is 35.2 Å². The van der Waals surface area contributed by atoms with Crippen LogP contribution in [0.15, 0.2) is 60.9 Å². The van der Waals surface area contributed by atoms with Gasteiger partial charge in [-0.2, -0.15) is 0 Å². The van der Waals surface area contributed by atoms with E-state index in [1.807, 2.05) is 18.2 Å². The Labute approximate surface area is 194 Å². The van der Waals surface area contributed by atoms with Crippen molar-refractivity contribution in [3.05, 3.63) is 72.2 Å². The lowest BCUT2D eigenvalue weighted by Crippen LogP contribution is -2.26. The van der Waals surface area contributed by atoms with Crippen molar-refractivity contribution in [2.24, 2.45) is 5.92 Å². The molecule has 0 amide bonds. The standard InChI is InChI=1S/C27H30FN3O2/c1-27(2,28)25-14-12-23(17-30-25)31-22-11-13-24(29-16-22)21-9-7-20(8-10-21)19-5-3-18(4-6-19)15-26(32)33/h7-14,16-19,31H,3-6,15H2,1-2H3,(H,32,33)/p-1. The third-order valence-corrected chi connectivity index (χ3v) is 6.40. The first kappa shape index (κ1) is 22.9. The average Bonchev–Trinajstić information content (AvgIpc) is 2.80. The molecular formula is C27H29FN3O2-. The lowest BCUT2D eigenvalue weighted by atomic mass is 9.77. The second-order valence-corrected chi connectivity index (χ2v) is 9.38. The van der Waals surface area contributed by atoms with E-state index >= 15 is 0 Å². The van der Waals surface area contributed by atoms with Crippen LogP contribution in [-0.2, 0) is 10.5 Å². The largest absolute Gasteiger partial charge is 0.550 e. The maximum absolute atomic E-state index is 14.0. The molecule has 0 radical (unpaired) electrons. The zero-order chi connectivity index (χ0) is 23.4. The Morgan fingerprint density at radius 1 is 0.970 bits per heavy atom. The fourth-order valence-electron chi connectivity index (χ4n) is 4.49. The minimum absolute atomic E-state index is 0.180. The molecule has 3 aromatic rings. The molecule has 1 N–H and O–H groups in total. The van der Waals surface area contributed by atoms with Crippen LogP contribution >= 0.6 is 0 Å². The third kappa shape index (κ3) is 5.95. The molecule has 0 atom stereocenters. The minimum Gasteiger partial charge on any atom is -0.550 e. The number of pyridine rings is 2. The first-order valence-electron chi connectivity index (χ1n) is 11.5. The predicted octanol–water partition coefficient (Wildman–Crippen LogP) is 5.51. The number of alkyl halides is 1. The van der Waals surface area contributed by atoms with Crippen LogP contribution in [0, 0.1) is 5.92 Å². The maximum Gasteiger partial charge on any atom is 0.147 e. The van der Waals surface area contributed by atoms with E-state index in [0.29, 0.717) is 11.6 Å². The molecule has 5 nitrogen and oxygen atoms in total. The van der Waals surface area contributed by atoms with Crippen LogP contribution in [-0.4, -0.2) is 15.9 Å². The number of aromatic nitrogens is 2. The predicted molar refractivity (Wildman–Crippen MR) is 126 cm³/mol. The van der Waals surface area contributed by atoms with Crippen LogP contribution in [0.4, 0.5) is 15.8 Å². The summed E-state index contributed by atoms with van der Waals surface area (Å²) in [5.41, 5.74) is 3.78. The van der Waals surface area contributed by atoms with E-state index in [0.717, 1.165) is 48.3 Å². The van der Waals surface area contributed by atoms with Gasteiger partial charge in [-0.1, -0.05) is 24.3 Å². The van der Waals surface area contributed by atoms with Gasteiger partial charge in [-0.3, -0.25) is 9.97 Å². The molecule has 1 aromatic carbocycles. The first-order valence-corrected chi connectivity index (χ1v) is 11.5. The van der Waals surface area contributed by atoms with E-state index in [1.165, 1.54) is 19.4 Å². The average molecular weight is 447 g/mol. The van der Waals surface area contributed by atoms with Gasteiger partial charge in [0, 0.05) is 11.5 Å². The van der Waals surface area contributed by atoms with Gasteiger partial charge in [0.15, 0.2) is 0 Å². The monoisotopic (exact) mass is 446 g/mol. The summed E-state index contributed by atoms with van der Waals surface area (Å²) in [6.07, 6.45) is 7.51. The van der Waals surface area contributed by atoms with Crippen LogP contribution in [0.1, 0.15) is 63.1 Å². The number of carbonyl (C=O) groups excluding carboxylic acids is 1. The van der Waals surface area contributed by atoms with Crippen molar-refractivity contribution in [1.29, 1.82) is 0 Å². The van der Waals surface area contributed by atoms with Crippen molar-refractivity contribution >= 4 is 17.3 Å². The van der Waals surface area contributed by atoms with Gasteiger partial charge in [0.25, 0.3) is 0 Å². The number of anilines is 2. The van der Waals surface area contributed by atoms with Crippen molar-refractivity contribution in [3.8, 4) is 11.3 Å². The molecular weight excluding hydrogens is 417 g/mol. The van der Waals surface area contributed by atoms with E-state index in [1.54, 1.807) is 18.5 Å². The number of nitrogens with zero attached hydrogens (tertiary/aromatic N) is 2. The van der Waals surface area contributed by atoms with E-state index < -0.39 is 11.6 Å². The number of aliphatic carboxylic acids is 1. The molecule has 172 valence electrons. The van der Waals surface area contributed by atoms with Crippen molar-refractivity contribution in [2.75, 3.05) is 5.32 Å². The molecule has 1 aliphatic carbocycles. The molecule has 1 saturated carbocycles. The summed E-state index contributed by atoms with van der Waals surface area (Å²) < 4.78 is 14.0. The Bertz CT molecular complexity index is 1070. The summed E-state index contributed by atoms with van der Waals surface area (Å²) in [5.74, 6) is -0.197. The molecule has 0 aliphatic heterocycles. The minimum atomic E-state index is -1.46. The van der Waals surface area contributed by atoms with Crippen LogP contribution in [0.5, 0.6) is 0 Å². The summed E-state index contributed by atoms with van der Waals surface area (Å²) in [6.45, 7) is 2.98. The molecule has 6 heteroatoms. The Balaban J connectivity index is 1.36. The number of nitrogens with one attached hydrogen (secondary N) is 1. The number of carbonyl (C=O) groups is 1. The highest BCUT2D eigenvalue weighted by atomic mass is 19.1. The molecule has 0 unspecified atom stereocenters. The van der Waals surface area contributed by atoms with Gasteiger partial charge in [-0.25, -0.2) is 4.39 Å². The summed E-state index contributed by atoms with van der Waals surface area (Å²) in [5, 5.41) is 14.1. The molecule has 0 bridgehead atoms. The van der Waals surface area contributed by atoms with Gasteiger partial charge in [0.1, 0.15) is 5.67 Å². The number of rotatable bonds is 7. The SMILES string of the molecule is CC(C)(F)c1ccc(Nc2ccc(-c3ccc(C4CCC(CC(=O)[O-])CC4)cc3)nc2)cn1. The molecule has 2 aromatic heterocycles. The number of benzene rings is 1. The van der Waals surface area contributed by atoms with Gasteiger partial charge in [-0.05, 0) is 87.6 Å². The Kier molecular flexibility index (Phi) is 6.72. The summed E-state index contributed by atoms with van der Waals surface area (Å²) >= 11 is 0. The highest BCUT2D eigenvalue weighted by Crippen LogP contribution is 2.37. The van der Waals surface area contributed by atoms with Crippen LogP contribution in [0.3, 0.4) is 0 Å². The lowest BCUT2D eigenvalue weighted by Gasteiger charge is -2.29. The number of hydrogen-bond acceptors (Lipinski definition) is 5. The summed E-state index contributed by atoms with van der Waals surface area (Å²) in [6, 6.07) is 15.9. The summed E-state index contributed by atoms with van der Waals surface area (Å²) in [4.78, 5) is 19.6. The van der Waals surface area contributed by atoms with Crippen molar-refractivity contribution in [3.63, 3.8) is 0 Å². The van der Waals surface area contributed by atoms with Gasteiger partial charge in [0.2, 0.25) is 0 Å². The van der Waals surface area contributed by atoms with Crippen LogP contribution in [0.25, 0.3) is 11.3 Å².